The predicted molar refractivity (Wildman–Crippen MR) is 71.9 cm³/mol. The van der Waals surface area contributed by atoms with E-state index in [0.29, 0.717) is 5.92 Å². The van der Waals surface area contributed by atoms with E-state index in [2.05, 4.69) is 42.1 Å². The van der Waals surface area contributed by atoms with Crippen LogP contribution in [0.3, 0.4) is 0 Å². The Kier molecular flexibility index (Phi) is 6.38. The predicted octanol–water partition coefficient (Wildman–Crippen LogP) is 3.02. The molecule has 90 valence electrons. The Labute approximate surface area is 102 Å². The van der Waals surface area contributed by atoms with Gasteiger partial charge in [0.2, 0.25) is 0 Å². The quantitative estimate of drug-likeness (QED) is 0.739. The van der Waals surface area contributed by atoms with Gasteiger partial charge in [0.1, 0.15) is 0 Å². The first-order valence-electron chi connectivity index (χ1n) is 5.66. The first-order chi connectivity index (χ1) is 7.74. The highest BCUT2D eigenvalue weighted by Crippen LogP contribution is 2.16. The summed E-state index contributed by atoms with van der Waals surface area (Å²) in [5, 5.41) is 7.68. The maximum Gasteiger partial charge on any atom is 0.0587 e. The molecule has 0 saturated heterocycles. The molecular weight excluding hydrogens is 218 g/mol. The first kappa shape index (κ1) is 13.4. The largest absolute Gasteiger partial charge is 0.383 e. The number of hydrogen-bond acceptors (Lipinski definition) is 3. The molecule has 0 atom stereocenters. The molecule has 0 fully saturated rings. The summed E-state index contributed by atoms with van der Waals surface area (Å²) in [6.45, 7) is 7.08. The van der Waals surface area contributed by atoms with Gasteiger partial charge in [-0.1, -0.05) is 25.5 Å². The van der Waals surface area contributed by atoms with E-state index in [1.54, 1.807) is 18.4 Å². The minimum absolute atomic E-state index is 0.579. The summed E-state index contributed by atoms with van der Waals surface area (Å²) in [6, 6.07) is 2.15. The van der Waals surface area contributed by atoms with Crippen molar-refractivity contribution in [2.45, 2.75) is 13.8 Å². The Balaban J connectivity index is 2.48. The van der Waals surface area contributed by atoms with E-state index in [4.69, 9.17) is 4.74 Å². The molecule has 1 aromatic heterocycles. The Morgan fingerprint density at radius 2 is 2.38 bits per heavy atom. The summed E-state index contributed by atoms with van der Waals surface area (Å²) in [7, 11) is 1.73. The highest BCUT2D eigenvalue weighted by molar-refractivity contribution is 7.08. The zero-order chi connectivity index (χ0) is 11.8. The molecule has 0 bridgehead atoms. The average molecular weight is 239 g/mol. The number of ether oxygens (including phenoxy) is 1. The van der Waals surface area contributed by atoms with Gasteiger partial charge in [-0.05, 0) is 28.3 Å². The fourth-order valence-electron chi connectivity index (χ4n) is 1.40. The van der Waals surface area contributed by atoms with Gasteiger partial charge in [0.25, 0.3) is 0 Å². The van der Waals surface area contributed by atoms with Crippen molar-refractivity contribution in [1.82, 2.24) is 5.32 Å². The third kappa shape index (κ3) is 4.92. The van der Waals surface area contributed by atoms with Crippen molar-refractivity contribution in [2.24, 2.45) is 5.92 Å². The number of nitrogens with one attached hydrogen (secondary N) is 1. The highest BCUT2D eigenvalue weighted by atomic mass is 32.1. The molecule has 0 radical (unpaired) electrons. The summed E-state index contributed by atoms with van der Waals surface area (Å²) < 4.78 is 5.01. The van der Waals surface area contributed by atoms with Crippen LogP contribution >= 0.6 is 11.3 Å². The number of hydrogen-bond donors (Lipinski definition) is 1. The SMILES string of the molecule is COCCNCC(=Cc1ccsc1)C(C)C. The van der Waals surface area contributed by atoms with Crippen LogP contribution in [-0.4, -0.2) is 26.8 Å². The normalized spacial score (nSPS) is 12.4. The Bertz CT molecular complexity index is 304. The lowest BCUT2D eigenvalue weighted by atomic mass is 10.0. The van der Waals surface area contributed by atoms with E-state index in [9.17, 15) is 0 Å². The summed E-state index contributed by atoms with van der Waals surface area (Å²) >= 11 is 1.74. The molecule has 0 aliphatic heterocycles. The van der Waals surface area contributed by atoms with Crippen molar-refractivity contribution in [3.63, 3.8) is 0 Å². The summed E-state index contributed by atoms with van der Waals surface area (Å²) in [5.41, 5.74) is 2.75. The standard InChI is InChI=1S/C13H21NOS/c1-11(2)13(9-14-5-6-15-3)8-12-4-7-16-10-12/h4,7-8,10-11,14H,5-6,9H2,1-3H3. The molecule has 0 unspecified atom stereocenters. The lowest BCUT2D eigenvalue weighted by Gasteiger charge is -2.12. The van der Waals surface area contributed by atoms with E-state index >= 15 is 0 Å². The van der Waals surface area contributed by atoms with E-state index < -0.39 is 0 Å². The molecule has 0 amide bonds. The van der Waals surface area contributed by atoms with Gasteiger partial charge in [0.15, 0.2) is 0 Å². The maximum atomic E-state index is 5.01. The molecule has 1 N–H and O–H groups in total. The van der Waals surface area contributed by atoms with Crippen molar-refractivity contribution in [3.05, 3.63) is 28.0 Å². The molecule has 2 nitrogen and oxygen atoms in total. The van der Waals surface area contributed by atoms with E-state index in [1.165, 1.54) is 11.1 Å². The van der Waals surface area contributed by atoms with Crippen molar-refractivity contribution in [1.29, 1.82) is 0 Å². The second-order valence-electron chi connectivity index (χ2n) is 4.10. The Hall–Kier alpha value is -0.640. The molecule has 1 heterocycles. The second kappa shape index (κ2) is 7.60. The smallest absolute Gasteiger partial charge is 0.0587 e. The molecule has 1 rings (SSSR count). The van der Waals surface area contributed by atoms with Gasteiger partial charge in [0.05, 0.1) is 6.61 Å². The molecule has 0 aromatic carbocycles. The monoisotopic (exact) mass is 239 g/mol. The van der Waals surface area contributed by atoms with E-state index in [0.717, 1.165) is 19.7 Å². The third-order valence-electron chi connectivity index (χ3n) is 2.45. The van der Waals surface area contributed by atoms with Gasteiger partial charge in [-0.15, -0.1) is 0 Å². The second-order valence-corrected chi connectivity index (χ2v) is 4.88. The molecule has 0 aliphatic rings. The van der Waals surface area contributed by atoms with Crippen LogP contribution in [0.15, 0.2) is 22.4 Å². The molecular formula is C13H21NOS. The van der Waals surface area contributed by atoms with Gasteiger partial charge in [0, 0.05) is 20.2 Å². The van der Waals surface area contributed by atoms with Crippen molar-refractivity contribution >= 4 is 17.4 Å². The zero-order valence-electron chi connectivity index (χ0n) is 10.3. The lowest BCUT2D eigenvalue weighted by molar-refractivity contribution is 0.200. The molecule has 1 aromatic rings. The molecule has 0 spiro atoms. The van der Waals surface area contributed by atoms with Crippen LogP contribution in [-0.2, 0) is 4.74 Å². The van der Waals surface area contributed by atoms with Gasteiger partial charge in [-0.25, -0.2) is 0 Å². The minimum Gasteiger partial charge on any atom is -0.383 e. The lowest BCUT2D eigenvalue weighted by Crippen LogP contribution is -2.23. The molecule has 3 heteroatoms. The van der Waals surface area contributed by atoms with Crippen molar-refractivity contribution in [3.8, 4) is 0 Å². The van der Waals surface area contributed by atoms with Crippen LogP contribution in [0.1, 0.15) is 19.4 Å². The van der Waals surface area contributed by atoms with Crippen LogP contribution < -0.4 is 5.32 Å². The van der Waals surface area contributed by atoms with Crippen LogP contribution in [0.25, 0.3) is 6.08 Å². The van der Waals surface area contributed by atoms with Crippen molar-refractivity contribution < 1.29 is 4.74 Å². The first-order valence-corrected chi connectivity index (χ1v) is 6.60. The van der Waals surface area contributed by atoms with Crippen LogP contribution in [0.5, 0.6) is 0 Å². The summed E-state index contributed by atoms with van der Waals surface area (Å²) in [5.74, 6) is 0.579. The number of methoxy groups -OCH3 is 1. The highest BCUT2D eigenvalue weighted by Gasteiger charge is 2.03. The summed E-state index contributed by atoms with van der Waals surface area (Å²) in [4.78, 5) is 0. The van der Waals surface area contributed by atoms with Crippen LogP contribution in [0.4, 0.5) is 0 Å². The van der Waals surface area contributed by atoms with E-state index in [-0.39, 0.29) is 0 Å². The van der Waals surface area contributed by atoms with E-state index in [1.807, 2.05) is 0 Å². The van der Waals surface area contributed by atoms with Gasteiger partial charge in [-0.2, -0.15) is 11.3 Å². The minimum atomic E-state index is 0.579. The molecule has 0 aliphatic carbocycles. The fourth-order valence-corrected chi connectivity index (χ4v) is 2.02. The van der Waals surface area contributed by atoms with Gasteiger partial charge < -0.3 is 10.1 Å². The topological polar surface area (TPSA) is 21.3 Å². The average Bonchev–Trinajstić information content (AvgIpc) is 2.75. The fraction of sp³-hybridized carbons (Fsp3) is 0.538. The summed E-state index contributed by atoms with van der Waals surface area (Å²) in [6.07, 6.45) is 2.28. The zero-order valence-corrected chi connectivity index (χ0v) is 11.1. The number of thiophene rings is 1. The van der Waals surface area contributed by atoms with Gasteiger partial charge >= 0.3 is 0 Å². The molecule has 0 saturated carbocycles. The van der Waals surface area contributed by atoms with Crippen LogP contribution in [0, 0.1) is 5.92 Å². The molecule has 16 heavy (non-hydrogen) atoms. The van der Waals surface area contributed by atoms with Crippen LogP contribution in [0.2, 0.25) is 0 Å². The van der Waals surface area contributed by atoms with Crippen molar-refractivity contribution in [2.75, 3.05) is 26.8 Å². The third-order valence-corrected chi connectivity index (χ3v) is 3.15. The maximum absolute atomic E-state index is 5.01. The Morgan fingerprint density at radius 3 is 2.94 bits per heavy atom. The van der Waals surface area contributed by atoms with Gasteiger partial charge in [-0.3, -0.25) is 0 Å². The Morgan fingerprint density at radius 1 is 1.56 bits per heavy atom. The number of rotatable bonds is 7.